The fourth-order valence-corrected chi connectivity index (χ4v) is 4.21. The van der Waals surface area contributed by atoms with Crippen molar-refractivity contribution in [3.63, 3.8) is 0 Å². The predicted molar refractivity (Wildman–Crippen MR) is 149 cm³/mol. The van der Waals surface area contributed by atoms with Crippen LogP contribution in [0, 0.1) is 0 Å². The number of alkyl carbamates (subject to hydrolysis) is 2. The molecule has 0 aliphatic heterocycles. The maximum atomic E-state index is 12.7. The maximum absolute atomic E-state index is 12.7. The van der Waals surface area contributed by atoms with Crippen LogP contribution < -0.4 is 10.6 Å². The third-order valence-corrected chi connectivity index (χ3v) is 6.21. The molecular weight excluding hydrogens is 524 g/mol. The average Bonchev–Trinajstić information content (AvgIpc) is 3.01. The van der Waals surface area contributed by atoms with Crippen molar-refractivity contribution < 1.29 is 24.2 Å². The van der Waals surface area contributed by atoms with Crippen LogP contribution in [0.5, 0.6) is 0 Å². The Morgan fingerprint density at radius 3 is 1.63 bits per heavy atom. The highest BCUT2D eigenvalue weighted by molar-refractivity contribution is 5.68. The summed E-state index contributed by atoms with van der Waals surface area (Å²) in [6, 6.07) is 17.9. The zero-order valence-electron chi connectivity index (χ0n) is 22.4. The van der Waals surface area contributed by atoms with Gasteiger partial charge in [0.2, 0.25) is 0 Å². The Balaban J connectivity index is 1.43. The standard InChI is InChI=1S/C30H32N6O5/c37-28(27(12-23-9-5-2-6-10-23)36-30(39)41-19-25-16-33-21-34-17-25)13-26(11-22-7-3-1-4-8-22)35-29(38)40-18-24-14-31-20-32-15-24/h1-10,14-17,20-21,26-28,37H,11-13,18-19H2,(H,35,38)(H,36,39)/t26-,27-,28-/m0/s1. The number of hydrogen-bond donors (Lipinski definition) is 3. The summed E-state index contributed by atoms with van der Waals surface area (Å²) in [5.74, 6) is 0. The van der Waals surface area contributed by atoms with Crippen molar-refractivity contribution >= 4 is 12.2 Å². The lowest BCUT2D eigenvalue weighted by atomic mass is 9.94. The summed E-state index contributed by atoms with van der Waals surface area (Å²) < 4.78 is 10.7. The SMILES string of the molecule is O=C(N[C@@H](Cc1ccccc1)C[C@H](O)[C@H](Cc1ccccc1)NC(=O)OCc1cncnc1)OCc1cncnc1. The number of carbonyl (C=O) groups is 2. The van der Waals surface area contributed by atoms with E-state index in [1.807, 2.05) is 60.7 Å². The van der Waals surface area contributed by atoms with E-state index >= 15 is 0 Å². The molecule has 2 aromatic carbocycles. The zero-order valence-corrected chi connectivity index (χ0v) is 22.4. The molecular formula is C30H32N6O5. The molecule has 0 unspecified atom stereocenters. The fourth-order valence-electron chi connectivity index (χ4n) is 4.21. The number of aromatic nitrogens is 4. The second kappa shape index (κ2) is 15.6. The van der Waals surface area contributed by atoms with Gasteiger partial charge in [-0.15, -0.1) is 0 Å². The van der Waals surface area contributed by atoms with Gasteiger partial charge in [0.1, 0.15) is 25.9 Å². The van der Waals surface area contributed by atoms with Gasteiger partial charge in [0, 0.05) is 42.0 Å². The third kappa shape index (κ3) is 10.3. The van der Waals surface area contributed by atoms with Gasteiger partial charge in [0.05, 0.1) is 12.1 Å². The van der Waals surface area contributed by atoms with Crippen molar-refractivity contribution in [3.05, 3.63) is 120 Å². The van der Waals surface area contributed by atoms with Crippen LogP contribution in [0.25, 0.3) is 0 Å². The molecule has 2 amide bonds. The highest BCUT2D eigenvalue weighted by Gasteiger charge is 2.27. The van der Waals surface area contributed by atoms with E-state index in [9.17, 15) is 14.7 Å². The normalized spacial score (nSPS) is 12.9. The van der Waals surface area contributed by atoms with Gasteiger partial charge in [0.25, 0.3) is 0 Å². The molecule has 11 heteroatoms. The molecule has 0 radical (unpaired) electrons. The summed E-state index contributed by atoms with van der Waals surface area (Å²) in [5.41, 5.74) is 3.18. The van der Waals surface area contributed by atoms with Gasteiger partial charge in [-0.25, -0.2) is 29.5 Å². The Labute approximate surface area is 238 Å². The van der Waals surface area contributed by atoms with Crippen LogP contribution in [-0.2, 0) is 35.5 Å². The molecule has 3 atom stereocenters. The second-order valence-corrected chi connectivity index (χ2v) is 9.42. The number of nitrogens with one attached hydrogen (secondary N) is 2. The van der Waals surface area contributed by atoms with Crippen LogP contribution in [0.3, 0.4) is 0 Å². The van der Waals surface area contributed by atoms with Gasteiger partial charge in [-0.05, 0) is 30.4 Å². The third-order valence-electron chi connectivity index (χ3n) is 6.21. The first-order valence-corrected chi connectivity index (χ1v) is 13.2. The van der Waals surface area contributed by atoms with Gasteiger partial charge < -0.3 is 25.2 Å². The van der Waals surface area contributed by atoms with Crippen LogP contribution in [0.15, 0.2) is 98.1 Å². The molecule has 0 saturated carbocycles. The minimum Gasteiger partial charge on any atom is -0.445 e. The average molecular weight is 557 g/mol. The number of ether oxygens (including phenoxy) is 2. The van der Waals surface area contributed by atoms with E-state index in [2.05, 4.69) is 30.6 Å². The van der Waals surface area contributed by atoms with Crippen molar-refractivity contribution in [3.8, 4) is 0 Å². The van der Waals surface area contributed by atoms with Gasteiger partial charge in [-0.1, -0.05) is 60.7 Å². The van der Waals surface area contributed by atoms with Crippen LogP contribution in [0.1, 0.15) is 28.7 Å². The number of hydrogen-bond acceptors (Lipinski definition) is 9. The van der Waals surface area contributed by atoms with Crippen LogP contribution in [-0.4, -0.2) is 55.4 Å². The van der Waals surface area contributed by atoms with Crippen molar-refractivity contribution in [2.24, 2.45) is 0 Å². The number of nitrogens with zero attached hydrogens (tertiary/aromatic N) is 4. The molecule has 2 heterocycles. The van der Waals surface area contributed by atoms with E-state index in [4.69, 9.17) is 9.47 Å². The summed E-state index contributed by atoms with van der Waals surface area (Å²) >= 11 is 0. The minimum absolute atomic E-state index is 0.00374. The Morgan fingerprint density at radius 2 is 1.12 bits per heavy atom. The van der Waals surface area contributed by atoms with Gasteiger partial charge in [-0.3, -0.25) is 0 Å². The number of benzene rings is 2. The Morgan fingerprint density at radius 1 is 0.659 bits per heavy atom. The quantitative estimate of drug-likeness (QED) is 0.225. The van der Waals surface area contributed by atoms with E-state index in [0.29, 0.717) is 24.0 Å². The van der Waals surface area contributed by atoms with E-state index in [1.54, 1.807) is 24.8 Å². The van der Waals surface area contributed by atoms with Crippen molar-refractivity contribution in [2.45, 2.75) is 50.7 Å². The van der Waals surface area contributed by atoms with Gasteiger partial charge in [-0.2, -0.15) is 0 Å². The molecule has 4 aromatic rings. The highest BCUT2D eigenvalue weighted by atomic mass is 16.6. The summed E-state index contributed by atoms with van der Waals surface area (Å²) in [5, 5.41) is 17.0. The van der Waals surface area contributed by atoms with Gasteiger partial charge >= 0.3 is 12.2 Å². The predicted octanol–water partition coefficient (Wildman–Crippen LogP) is 3.39. The Hall–Kier alpha value is -4.90. The molecule has 0 aliphatic rings. The van der Waals surface area contributed by atoms with E-state index in [-0.39, 0.29) is 19.6 Å². The van der Waals surface area contributed by atoms with Crippen LogP contribution >= 0.6 is 0 Å². The second-order valence-electron chi connectivity index (χ2n) is 9.42. The van der Waals surface area contributed by atoms with E-state index in [0.717, 1.165) is 11.1 Å². The van der Waals surface area contributed by atoms with Crippen molar-refractivity contribution in [1.29, 1.82) is 0 Å². The number of rotatable bonds is 13. The van der Waals surface area contributed by atoms with Crippen LogP contribution in [0.4, 0.5) is 9.59 Å². The molecule has 0 fully saturated rings. The highest BCUT2D eigenvalue weighted by Crippen LogP contribution is 2.15. The zero-order chi connectivity index (χ0) is 28.7. The molecule has 3 N–H and O–H groups in total. The van der Waals surface area contributed by atoms with E-state index < -0.39 is 30.4 Å². The van der Waals surface area contributed by atoms with E-state index in [1.165, 1.54) is 12.7 Å². The molecule has 0 saturated heterocycles. The largest absolute Gasteiger partial charge is 0.445 e. The summed E-state index contributed by atoms with van der Waals surface area (Å²) in [6.45, 7) is -0.0128. The maximum Gasteiger partial charge on any atom is 0.407 e. The van der Waals surface area contributed by atoms with Crippen molar-refractivity contribution in [1.82, 2.24) is 30.6 Å². The topological polar surface area (TPSA) is 148 Å². The van der Waals surface area contributed by atoms with Crippen LogP contribution in [0.2, 0.25) is 0 Å². The number of carbonyl (C=O) groups excluding carboxylic acids is 2. The lowest BCUT2D eigenvalue weighted by Gasteiger charge is -2.28. The molecule has 4 rings (SSSR count). The molecule has 11 nitrogen and oxygen atoms in total. The Bertz CT molecular complexity index is 1330. The molecule has 212 valence electrons. The minimum atomic E-state index is -1.03. The fraction of sp³-hybridized carbons (Fsp3) is 0.267. The first-order chi connectivity index (χ1) is 20.0. The number of amides is 2. The smallest absolute Gasteiger partial charge is 0.407 e. The lowest BCUT2D eigenvalue weighted by molar-refractivity contribution is 0.0860. The summed E-state index contributed by atoms with van der Waals surface area (Å²) in [6.07, 6.45) is 7.60. The molecule has 0 bridgehead atoms. The number of aliphatic hydroxyl groups excluding tert-OH is 1. The molecule has 41 heavy (non-hydrogen) atoms. The summed E-state index contributed by atoms with van der Waals surface area (Å²) in [4.78, 5) is 41.1. The Kier molecular flexibility index (Phi) is 11.1. The van der Waals surface area contributed by atoms with Crippen molar-refractivity contribution in [2.75, 3.05) is 0 Å². The number of aliphatic hydroxyl groups is 1. The molecule has 2 aromatic heterocycles. The lowest BCUT2D eigenvalue weighted by Crippen LogP contribution is -2.48. The molecule has 0 aliphatic carbocycles. The van der Waals surface area contributed by atoms with Gasteiger partial charge in [0.15, 0.2) is 0 Å². The summed E-state index contributed by atoms with van der Waals surface area (Å²) in [7, 11) is 0. The first-order valence-electron chi connectivity index (χ1n) is 13.2. The monoisotopic (exact) mass is 556 g/mol. The molecule has 0 spiro atoms. The first kappa shape index (κ1) is 29.1.